The van der Waals surface area contributed by atoms with Crippen molar-refractivity contribution in [1.29, 1.82) is 0 Å². The number of amides is 1. The van der Waals surface area contributed by atoms with E-state index in [0.29, 0.717) is 13.1 Å². The summed E-state index contributed by atoms with van der Waals surface area (Å²) in [5.74, 6) is -0.0906. The fourth-order valence-electron chi connectivity index (χ4n) is 1.49. The normalized spacial score (nSPS) is 19.1. The first-order chi connectivity index (χ1) is 6.91. The Labute approximate surface area is 87.4 Å². The van der Waals surface area contributed by atoms with Crippen molar-refractivity contribution in [3.05, 3.63) is 0 Å². The molecule has 1 heterocycles. The van der Waals surface area contributed by atoms with Gasteiger partial charge in [0.05, 0.1) is 13.0 Å². The van der Waals surface area contributed by atoms with Crippen LogP contribution in [0, 0.1) is 0 Å². The molecule has 1 fully saturated rings. The molecule has 0 aromatic heterocycles. The van der Waals surface area contributed by atoms with Crippen molar-refractivity contribution >= 4 is 5.91 Å². The summed E-state index contributed by atoms with van der Waals surface area (Å²) in [6.45, 7) is 2.36. The third-order valence-electron chi connectivity index (χ3n) is 2.16. The number of ether oxygens (including phenoxy) is 1. The van der Waals surface area contributed by atoms with E-state index in [0.717, 1.165) is 0 Å². The average Bonchev–Trinajstić information content (AvgIpc) is 2.07. The molecule has 0 aromatic carbocycles. The van der Waals surface area contributed by atoms with Crippen LogP contribution < -0.4 is 5.73 Å². The van der Waals surface area contributed by atoms with Gasteiger partial charge in [-0.1, -0.05) is 0 Å². The second kappa shape index (κ2) is 4.85. The standard InChI is InChI=1S/C9H16F2N2O2/c1-9(12)5-13(6-9)8(14)2-3-15-4-7(10)11/h7H,2-6,12H2,1H3. The maximum Gasteiger partial charge on any atom is 0.261 e. The third-order valence-corrected chi connectivity index (χ3v) is 2.16. The molecule has 1 rings (SSSR count). The van der Waals surface area contributed by atoms with Crippen molar-refractivity contribution < 1.29 is 18.3 Å². The highest BCUT2D eigenvalue weighted by molar-refractivity contribution is 5.77. The summed E-state index contributed by atoms with van der Waals surface area (Å²) >= 11 is 0. The Morgan fingerprint density at radius 3 is 2.67 bits per heavy atom. The van der Waals surface area contributed by atoms with Gasteiger partial charge >= 0.3 is 0 Å². The van der Waals surface area contributed by atoms with Gasteiger partial charge in [0.2, 0.25) is 5.91 Å². The van der Waals surface area contributed by atoms with Crippen molar-refractivity contribution in [3.8, 4) is 0 Å². The van der Waals surface area contributed by atoms with Crippen LogP contribution in [0.4, 0.5) is 8.78 Å². The van der Waals surface area contributed by atoms with E-state index >= 15 is 0 Å². The molecule has 88 valence electrons. The maximum atomic E-state index is 11.7. The molecule has 2 N–H and O–H groups in total. The topological polar surface area (TPSA) is 55.6 Å². The van der Waals surface area contributed by atoms with Gasteiger partial charge in [-0.25, -0.2) is 8.78 Å². The zero-order valence-electron chi connectivity index (χ0n) is 8.71. The van der Waals surface area contributed by atoms with Gasteiger partial charge in [0, 0.05) is 18.6 Å². The third kappa shape index (κ3) is 4.09. The predicted molar refractivity (Wildman–Crippen MR) is 50.6 cm³/mol. The summed E-state index contributed by atoms with van der Waals surface area (Å²) < 4.78 is 27.9. The summed E-state index contributed by atoms with van der Waals surface area (Å²) in [7, 11) is 0. The van der Waals surface area contributed by atoms with E-state index < -0.39 is 13.0 Å². The first-order valence-corrected chi connectivity index (χ1v) is 4.83. The molecule has 0 aliphatic carbocycles. The number of alkyl halides is 2. The largest absolute Gasteiger partial charge is 0.375 e. The molecule has 0 unspecified atom stereocenters. The van der Waals surface area contributed by atoms with Crippen molar-refractivity contribution in [2.24, 2.45) is 5.73 Å². The van der Waals surface area contributed by atoms with Crippen molar-refractivity contribution in [3.63, 3.8) is 0 Å². The second-order valence-corrected chi connectivity index (χ2v) is 4.12. The monoisotopic (exact) mass is 222 g/mol. The number of halogens is 2. The number of carbonyl (C=O) groups is 1. The maximum absolute atomic E-state index is 11.7. The number of carbonyl (C=O) groups excluding carboxylic acids is 1. The number of hydrogen-bond donors (Lipinski definition) is 1. The van der Waals surface area contributed by atoms with Gasteiger partial charge in [-0.05, 0) is 6.92 Å². The Morgan fingerprint density at radius 1 is 1.60 bits per heavy atom. The molecular formula is C9H16F2N2O2. The van der Waals surface area contributed by atoms with E-state index in [-0.39, 0.29) is 24.5 Å². The molecule has 0 saturated carbocycles. The van der Waals surface area contributed by atoms with E-state index in [1.165, 1.54) is 0 Å². The first-order valence-electron chi connectivity index (χ1n) is 4.83. The molecule has 0 radical (unpaired) electrons. The van der Waals surface area contributed by atoms with Crippen LogP contribution in [0.2, 0.25) is 0 Å². The van der Waals surface area contributed by atoms with Gasteiger partial charge < -0.3 is 15.4 Å². The second-order valence-electron chi connectivity index (χ2n) is 4.12. The molecule has 0 aromatic rings. The molecule has 0 bridgehead atoms. The van der Waals surface area contributed by atoms with Crippen LogP contribution in [0.3, 0.4) is 0 Å². The number of nitrogens with zero attached hydrogens (tertiary/aromatic N) is 1. The molecule has 15 heavy (non-hydrogen) atoms. The highest BCUT2D eigenvalue weighted by Gasteiger charge is 2.37. The minimum Gasteiger partial charge on any atom is -0.375 e. The zero-order valence-corrected chi connectivity index (χ0v) is 8.71. The lowest BCUT2D eigenvalue weighted by Gasteiger charge is -2.45. The Bertz CT molecular complexity index is 226. The van der Waals surface area contributed by atoms with Gasteiger partial charge in [0.1, 0.15) is 6.61 Å². The fraction of sp³-hybridized carbons (Fsp3) is 0.889. The van der Waals surface area contributed by atoms with E-state index in [2.05, 4.69) is 4.74 Å². The van der Waals surface area contributed by atoms with Gasteiger partial charge in [-0.15, -0.1) is 0 Å². The summed E-state index contributed by atoms with van der Waals surface area (Å²) in [6.07, 6.45) is -2.33. The van der Waals surface area contributed by atoms with Gasteiger partial charge in [-0.2, -0.15) is 0 Å². The molecule has 0 spiro atoms. The smallest absolute Gasteiger partial charge is 0.261 e. The lowest BCUT2D eigenvalue weighted by molar-refractivity contribution is -0.139. The summed E-state index contributed by atoms with van der Waals surface area (Å²) in [5, 5.41) is 0. The quantitative estimate of drug-likeness (QED) is 0.677. The van der Waals surface area contributed by atoms with Gasteiger partial charge in [0.15, 0.2) is 0 Å². The Morgan fingerprint density at radius 2 is 2.20 bits per heavy atom. The summed E-state index contributed by atoms with van der Waals surface area (Å²) in [6, 6.07) is 0. The SMILES string of the molecule is CC1(N)CN(C(=O)CCOCC(F)F)C1. The number of hydrogen-bond acceptors (Lipinski definition) is 3. The van der Waals surface area contributed by atoms with E-state index in [1.807, 2.05) is 6.92 Å². The summed E-state index contributed by atoms with van der Waals surface area (Å²) in [5.41, 5.74) is 5.43. The van der Waals surface area contributed by atoms with Gasteiger partial charge in [0.25, 0.3) is 6.43 Å². The number of rotatable bonds is 5. The molecule has 1 aliphatic rings. The summed E-state index contributed by atoms with van der Waals surface area (Å²) in [4.78, 5) is 13.0. The molecule has 1 amide bonds. The molecule has 0 atom stereocenters. The van der Waals surface area contributed by atoms with Crippen molar-refractivity contribution in [1.82, 2.24) is 4.90 Å². The molecule has 1 aliphatic heterocycles. The van der Waals surface area contributed by atoms with Crippen LogP contribution in [0.5, 0.6) is 0 Å². The van der Waals surface area contributed by atoms with Crippen LogP contribution in [0.25, 0.3) is 0 Å². The highest BCUT2D eigenvalue weighted by Crippen LogP contribution is 2.17. The van der Waals surface area contributed by atoms with Crippen LogP contribution in [-0.4, -0.2) is 49.1 Å². The fourth-order valence-corrected chi connectivity index (χ4v) is 1.49. The Balaban J connectivity index is 2.05. The zero-order chi connectivity index (χ0) is 11.5. The van der Waals surface area contributed by atoms with Crippen molar-refractivity contribution in [2.45, 2.75) is 25.3 Å². The van der Waals surface area contributed by atoms with Crippen LogP contribution in [-0.2, 0) is 9.53 Å². The minimum atomic E-state index is -2.48. The lowest BCUT2D eigenvalue weighted by Crippen LogP contribution is -2.66. The van der Waals surface area contributed by atoms with Crippen LogP contribution in [0.15, 0.2) is 0 Å². The minimum absolute atomic E-state index is 0.0426. The molecular weight excluding hydrogens is 206 g/mol. The van der Waals surface area contributed by atoms with E-state index in [9.17, 15) is 13.6 Å². The van der Waals surface area contributed by atoms with Crippen LogP contribution in [0.1, 0.15) is 13.3 Å². The average molecular weight is 222 g/mol. The Hall–Kier alpha value is -0.750. The lowest BCUT2D eigenvalue weighted by atomic mass is 9.93. The molecule has 6 heteroatoms. The van der Waals surface area contributed by atoms with Crippen molar-refractivity contribution in [2.75, 3.05) is 26.3 Å². The van der Waals surface area contributed by atoms with Gasteiger partial charge in [-0.3, -0.25) is 4.79 Å². The van der Waals surface area contributed by atoms with E-state index in [4.69, 9.17) is 5.73 Å². The predicted octanol–water partition coefficient (Wildman–Crippen LogP) is 0.218. The van der Waals surface area contributed by atoms with Crippen LogP contribution >= 0.6 is 0 Å². The highest BCUT2D eigenvalue weighted by atomic mass is 19.3. The van der Waals surface area contributed by atoms with E-state index in [1.54, 1.807) is 4.90 Å². The molecule has 1 saturated heterocycles. The Kier molecular flexibility index (Phi) is 3.98. The number of likely N-dealkylation sites (tertiary alicyclic amines) is 1. The molecule has 4 nitrogen and oxygen atoms in total. The number of nitrogens with two attached hydrogens (primary N) is 1. The first kappa shape index (κ1) is 12.3.